The highest BCUT2D eigenvalue weighted by Gasteiger charge is 2.18. The van der Waals surface area contributed by atoms with Crippen molar-refractivity contribution in [3.05, 3.63) is 63.7 Å². The van der Waals surface area contributed by atoms with Gasteiger partial charge in [0.05, 0.1) is 7.11 Å². The summed E-state index contributed by atoms with van der Waals surface area (Å²) in [5.41, 5.74) is 4.74. The Morgan fingerprint density at radius 2 is 1.86 bits per heavy atom. The van der Waals surface area contributed by atoms with E-state index in [2.05, 4.69) is 37.4 Å². The van der Waals surface area contributed by atoms with Crippen LogP contribution in [0.3, 0.4) is 0 Å². The van der Waals surface area contributed by atoms with Crippen molar-refractivity contribution in [2.75, 3.05) is 14.2 Å². The van der Waals surface area contributed by atoms with Crippen molar-refractivity contribution >= 4 is 11.6 Å². The van der Waals surface area contributed by atoms with E-state index < -0.39 is 0 Å². The minimum Gasteiger partial charge on any atom is -0.496 e. The Hall–Kier alpha value is -1.51. The van der Waals surface area contributed by atoms with E-state index in [0.29, 0.717) is 0 Å². The Bertz CT molecular complexity index is 625. The van der Waals surface area contributed by atoms with E-state index in [1.165, 1.54) is 16.7 Å². The average molecular weight is 304 g/mol. The van der Waals surface area contributed by atoms with E-state index in [1.807, 2.05) is 25.2 Å². The fraction of sp³-hybridized carbons (Fsp3) is 0.333. The van der Waals surface area contributed by atoms with Crippen LogP contribution in [-0.4, -0.2) is 14.2 Å². The van der Waals surface area contributed by atoms with Gasteiger partial charge in [0.2, 0.25) is 0 Å². The Labute approximate surface area is 132 Å². The average Bonchev–Trinajstić information content (AvgIpc) is 2.49. The van der Waals surface area contributed by atoms with Gasteiger partial charge >= 0.3 is 0 Å². The molecule has 1 unspecified atom stereocenters. The Morgan fingerprint density at radius 3 is 2.48 bits per heavy atom. The minimum absolute atomic E-state index is 0.166. The van der Waals surface area contributed by atoms with Gasteiger partial charge in [0, 0.05) is 16.6 Å². The number of halogens is 1. The molecule has 0 saturated heterocycles. The van der Waals surface area contributed by atoms with Crippen molar-refractivity contribution in [3.8, 4) is 5.75 Å². The first kappa shape index (κ1) is 15.9. The minimum atomic E-state index is 0.166. The van der Waals surface area contributed by atoms with Crippen LogP contribution in [-0.2, 0) is 6.42 Å². The lowest BCUT2D eigenvalue weighted by Gasteiger charge is -2.22. The molecule has 3 heteroatoms. The van der Waals surface area contributed by atoms with Crippen LogP contribution in [0, 0.1) is 13.8 Å². The SMILES string of the molecule is CNC(Cc1ccccc1Cl)c1ccc(C)c(C)c1OC. The van der Waals surface area contributed by atoms with E-state index in [1.54, 1.807) is 7.11 Å². The molecule has 0 bridgehead atoms. The topological polar surface area (TPSA) is 21.3 Å². The number of likely N-dealkylation sites (N-methyl/N-ethyl adjacent to an activating group) is 1. The lowest BCUT2D eigenvalue weighted by atomic mass is 9.94. The number of rotatable bonds is 5. The summed E-state index contributed by atoms with van der Waals surface area (Å²) in [4.78, 5) is 0. The van der Waals surface area contributed by atoms with Gasteiger partial charge in [0.15, 0.2) is 0 Å². The van der Waals surface area contributed by atoms with Gasteiger partial charge in [-0.2, -0.15) is 0 Å². The zero-order chi connectivity index (χ0) is 15.4. The van der Waals surface area contributed by atoms with Crippen LogP contribution in [0.5, 0.6) is 5.75 Å². The lowest BCUT2D eigenvalue weighted by molar-refractivity contribution is 0.397. The molecule has 2 rings (SSSR count). The molecule has 0 radical (unpaired) electrons. The van der Waals surface area contributed by atoms with Gasteiger partial charge in [-0.3, -0.25) is 0 Å². The van der Waals surface area contributed by atoms with Crippen LogP contribution >= 0.6 is 11.6 Å². The number of methoxy groups -OCH3 is 1. The molecule has 0 aliphatic carbocycles. The van der Waals surface area contributed by atoms with E-state index >= 15 is 0 Å². The van der Waals surface area contributed by atoms with Gasteiger partial charge in [-0.15, -0.1) is 0 Å². The molecule has 0 amide bonds. The van der Waals surface area contributed by atoms with Crippen molar-refractivity contribution < 1.29 is 4.74 Å². The highest BCUT2D eigenvalue weighted by Crippen LogP contribution is 2.33. The highest BCUT2D eigenvalue weighted by molar-refractivity contribution is 6.31. The predicted molar refractivity (Wildman–Crippen MR) is 89.4 cm³/mol. The predicted octanol–water partition coefficient (Wildman–Crippen LogP) is 4.47. The standard InChI is InChI=1S/C18H22ClNO/c1-12-9-10-15(18(21-4)13(12)2)17(20-3)11-14-7-5-6-8-16(14)19/h5-10,17,20H,11H2,1-4H3. The smallest absolute Gasteiger partial charge is 0.126 e. The van der Waals surface area contributed by atoms with Gasteiger partial charge in [0.25, 0.3) is 0 Å². The Kier molecular flexibility index (Phi) is 5.27. The molecule has 21 heavy (non-hydrogen) atoms. The van der Waals surface area contributed by atoms with E-state index in [0.717, 1.165) is 22.8 Å². The molecule has 0 aliphatic heterocycles. The maximum Gasteiger partial charge on any atom is 0.126 e. The van der Waals surface area contributed by atoms with Gasteiger partial charge in [0.1, 0.15) is 5.75 Å². The molecule has 0 aliphatic rings. The van der Waals surface area contributed by atoms with Crippen LogP contribution in [0.25, 0.3) is 0 Å². The number of ether oxygens (including phenoxy) is 1. The molecule has 1 atom stereocenters. The van der Waals surface area contributed by atoms with E-state index in [4.69, 9.17) is 16.3 Å². The summed E-state index contributed by atoms with van der Waals surface area (Å²) in [6, 6.07) is 12.4. The van der Waals surface area contributed by atoms with Crippen LogP contribution in [0.4, 0.5) is 0 Å². The third-order valence-electron chi connectivity index (χ3n) is 4.02. The molecular weight excluding hydrogens is 282 g/mol. The van der Waals surface area contributed by atoms with E-state index in [-0.39, 0.29) is 6.04 Å². The monoisotopic (exact) mass is 303 g/mol. The number of hydrogen-bond donors (Lipinski definition) is 1. The van der Waals surface area contributed by atoms with Crippen molar-refractivity contribution in [3.63, 3.8) is 0 Å². The van der Waals surface area contributed by atoms with Crippen LogP contribution in [0.1, 0.15) is 28.3 Å². The molecule has 2 aromatic rings. The number of aryl methyl sites for hydroxylation is 1. The van der Waals surface area contributed by atoms with E-state index in [9.17, 15) is 0 Å². The second kappa shape index (κ2) is 6.97. The maximum atomic E-state index is 6.28. The molecule has 112 valence electrons. The highest BCUT2D eigenvalue weighted by atomic mass is 35.5. The maximum absolute atomic E-state index is 6.28. The second-order valence-corrected chi connectivity index (χ2v) is 5.67. The third kappa shape index (κ3) is 3.39. The summed E-state index contributed by atoms with van der Waals surface area (Å²) in [7, 11) is 3.70. The van der Waals surface area contributed by atoms with Crippen LogP contribution in [0.2, 0.25) is 5.02 Å². The fourth-order valence-corrected chi connectivity index (χ4v) is 2.82. The molecule has 0 spiro atoms. The molecule has 2 aromatic carbocycles. The molecule has 1 N–H and O–H groups in total. The summed E-state index contributed by atoms with van der Waals surface area (Å²) >= 11 is 6.28. The zero-order valence-corrected chi connectivity index (χ0v) is 13.8. The molecule has 0 fully saturated rings. The molecule has 0 saturated carbocycles. The molecule has 0 heterocycles. The lowest BCUT2D eigenvalue weighted by Crippen LogP contribution is -2.20. The summed E-state index contributed by atoms with van der Waals surface area (Å²) in [6.07, 6.45) is 0.828. The summed E-state index contributed by atoms with van der Waals surface area (Å²) in [5, 5.41) is 4.18. The molecule has 2 nitrogen and oxygen atoms in total. The normalized spacial score (nSPS) is 12.2. The number of nitrogens with one attached hydrogen (secondary N) is 1. The molecule has 0 aromatic heterocycles. The van der Waals surface area contributed by atoms with Crippen molar-refractivity contribution in [2.24, 2.45) is 0 Å². The van der Waals surface area contributed by atoms with Gasteiger partial charge < -0.3 is 10.1 Å². The first-order valence-electron chi connectivity index (χ1n) is 7.13. The molecular formula is C18H22ClNO. The first-order valence-corrected chi connectivity index (χ1v) is 7.51. The second-order valence-electron chi connectivity index (χ2n) is 5.27. The number of benzene rings is 2. The third-order valence-corrected chi connectivity index (χ3v) is 4.39. The largest absolute Gasteiger partial charge is 0.496 e. The Morgan fingerprint density at radius 1 is 1.14 bits per heavy atom. The van der Waals surface area contributed by atoms with Crippen molar-refractivity contribution in [1.29, 1.82) is 0 Å². The summed E-state index contributed by atoms with van der Waals surface area (Å²) < 4.78 is 5.63. The summed E-state index contributed by atoms with van der Waals surface area (Å²) in [5.74, 6) is 0.960. The Balaban J connectivity index is 2.38. The quantitative estimate of drug-likeness (QED) is 0.880. The van der Waals surface area contributed by atoms with Gasteiger partial charge in [-0.1, -0.05) is 41.9 Å². The van der Waals surface area contributed by atoms with Crippen molar-refractivity contribution in [2.45, 2.75) is 26.3 Å². The van der Waals surface area contributed by atoms with Crippen molar-refractivity contribution in [1.82, 2.24) is 5.32 Å². The van der Waals surface area contributed by atoms with Crippen LogP contribution < -0.4 is 10.1 Å². The number of hydrogen-bond acceptors (Lipinski definition) is 2. The van der Waals surface area contributed by atoms with Crippen LogP contribution in [0.15, 0.2) is 36.4 Å². The fourth-order valence-electron chi connectivity index (χ4n) is 2.61. The zero-order valence-electron chi connectivity index (χ0n) is 13.0. The van der Waals surface area contributed by atoms with Gasteiger partial charge in [-0.25, -0.2) is 0 Å². The summed E-state index contributed by atoms with van der Waals surface area (Å²) in [6.45, 7) is 4.20. The van der Waals surface area contributed by atoms with Gasteiger partial charge in [-0.05, 0) is 50.1 Å². The first-order chi connectivity index (χ1) is 10.1.